The third-order valence-electron chi connectivity index (χ3n) is 5.16. The van der Waals surface area contributed by atoms with Crippen molar-refractivity contribution in [2.45, 2.75) is 31.7 Å². The van der Waals surface area contributed by atoms with Crippen molar-refractivity contribution in [2.24, 2.45) is 0 Å². The zero-order valence-electron chi connectivity index (χ0n) is 20.8. The Morgan fingerprint density at radius 1 is 0.949 bits per heavy atom. The van der Waals surface area contributed by atoms with Crippen LogP contribution in [0.25, 0.3) is 0 Å². The fourth-order valence-electron chi connectivity index (χ4n) is 3.18. The average molecular weight is 568 g/mol. The standard InChI is InChI=1S/C19H24N4O2.2C2HF3O2/c1-21(2)19(25)14-22-10-7-16-5-6-18(24)23(17(16)8-11-22)13-15-4-3-9-20-12-15;2*3-2(4,5)1(6)7/h3-6,9,12H,7-8,10-11,13-14H2,1-2H3;2*(H,6,7). The van der Waals surface area contributed by atoms with Gasteiger partial charge in [-0.1, -0.05) is 12.1 Å². The molecular formula is C23H26F6N4O6. The van der Waals surface area contributed by atoms with Crippen molar-refractivity contribution in [1.29, 1.82) is 0 Å². The van der Waals surface area contributed by atoms with E-state index in [0.717, 1.165) is 37.2 Å². The Morgan fingerprint density at radius 3 is 1.95 bits per heavy atom. The van der Waals surface area contributed by atoms with E-state index in [0.29, 0.717) is 13.1 Å². The number of hydrogen-bond acceptors (Lipinski definition) is 6. The van der Waals surface area contributed by atoms with Crippen molar-refractivity contribution < 1.29 is 50.9 Å². The quantitative estimate of drug-likeness (QED) is 0.536. The normalized spacial score (nSPS) is 13.4. The van der Waals surface area contributed by atoms with Gasteiger partial charge in [0.2, 0.25) is 5.91 Å². The summed E-state index contributed by atoms with van der Waals surface area (Å²) in [6.45, 7) is 2.57. The van der Waals surface area contributed by atoms with Crippen LogP contribution in [0.3, 0.4) is 0 Å². The number of rotatable bonds is 4. The summed E-state index contributed by atoms with van der Waals surface area (Å²) in [4.78, 5) is 50.1. The zero-order chi connectivity index (χ0) is 30.0. The number of carbonyl (C=O) groups is 3. The summed E-state index contributed by atoms with van der Waals surface area (Å²) >= 11 is 0. The summed E-state index contributed by atoms with van der Waals surface area (Å²) < 4.78 is 65.3. The molecule has 16 heteroatoms. The molecule has 0 saturated carbocycles. The lowest BCUT2D eigenvalue weighted by molar-refractivity contribution is -0.193. The van der Waals surface area contributed by atoms with Gasteiger partial charge in [-0.3, -0.25) is 19.5 Å². The van der Waals surface area contributed by atoms with Crippen molar-refractivity contribution in [3.05, 3.63) is 63.8 Å². The number of pyridine rings is 2. The van der Waals surface area contributed by atoms with Crippen LogP contribution < -0.4 is 5.56 Å². The second-order valence-corrected chi connectivity index (χ2v) is 8.26. The lowest BCUT2D eigenvalue weighted by Gasteiger charge is -2.21. The zero-order valence-corrected chi connectivity index (χ0v) is 20.8. The fraction of sp³-hybridized carbons (Fsp3) is 0.435. The first-order chi connectivity index (χ1) is 17.9. The molecule has 1 aliphatic rings. The predicted octanol–water partition coefficient (Wildman–Crippen LogP) is 2.05. The van der Waals surface area contributed by atoms with Crippen molar-refractivity contribution in [1.82, 2.24) is 19.4 Å². The highest BCUT2D eigenvalue weighted by molar-refractivity contribution is 5.77. The van der Waals surface area contributed by atoms with E-state index < -0.39 is 24.3 Å². The summed E-state index contributed by atoms with van der Waals surface area (Å²) in [6, 6.07) is 7.46. The number of aliphatic carboxylic acids is 2. The molecule has 216 valence electrons. The molecule has 10 nitrogen and oxygen atoms in total. The molecule has 0 radical (unpaired) electrons. The molecule has 0 spiro atoms. The SMILES string of the molecule is CN(C)C(=O)CN1CCc2ccc(=O)n(Cc3cccnc3)c2CC1.O=C(O)C(F)(F)F.O=C(O)C(F)(F)F. The number of carboxylic acids is 2. The van der Waals surface area contributed by atoms with Gasteiger partial charge < -0.3 is 19.7 Å². The number of alkyl halides is 6. The second-order valence-electron chi connectivity index (χ2n) is 8.26. The molecule has 3 rings (SSSR count). The first-order valence-corrected chi connectivity index (χ1v) is 11.1. The third kappa shape index (κ3) is 11.5. The minimum absolute atomic E-state index is 0.0143. The van der Waals surface area contributed by atoms with Crippen molar-refractivity contribution >= 4 is 17.8 Å². The first-order valence-electron chi connectivity index (χ1n) is 11.1. The topological polar surface area (TPSA) is 133 Å². The van der Waals surface area contributed by atoms with Gasteiger partial charge in [-0.15, -0.1) is 0 Å². The molecule has 0 atom stereocenters. The highest BCUT2D eigenvalue weighted by Crippen LogP contribution is 2.16. The summed E-state index contributed by atoms with van der Waals surface area (Å²) in [5.41, 5.74) is 3.31. The molecule has 0 unspecified atom stereocenters. The van der Waals surface area contributed by atoms with Gasteiger partial charge in [0, 0.05) is 57.8 Å². The van der Waals surface area contributed by atoms with E-state index in [9.17, 15) is 35.9 Å². The molecule has 2 aromatic heterocycles. The Bertz CT molecular complexity index is 1160. The van der Waals surface area contributed by atoms with E-state index in [4.69, 9.17) is 19.8 Å². The highest BCUT2D eigenvalue weighted by Gasteiger charge is 2.38. The van der Waals surface area contributed by atoms with E-state index in [2.05, 4.69) is 9.88 Å². The van der Waals surface area contributed by atoms with Crippen LogP contribution in [0.4, 0.5) is 26.3 Å². The van der Waals surface area contributed by atoms with Crippen LogP contribution in [-0.2, 0) is 33.8 Å². The Kier molecular flexibility index (Phi) is 12.1. The van der Waals surface area contributed by atoms with Crippen molar-refractivity contribution in [3.63, 3.8) is 0 Å². The summed E-state index contributed by atoms with van der Waals surface area (Å²) in [5, 5.41) is 14.2. The minimum Gasteiger partial charge on any atom is -0.475 e. The lowest BCUT2D eigenvalue weighted by Crippen LogP contribution is -2.38. The number of carboxylic acid groups (broad SMARTS) is 2. The van der Waals surface area contributed by atoms with Crippen LogP contribution in [0, 0.1) is 0 Å². The maximum absolute atomic E-state index is 12.4. The lowest BCUT2D eigenvalue weighted by atomic mass is 10.1. The van der Waals surface area contributed by atoms with E-state index in [1.165, 1.54) is 5.56 Å². The second kappa shape index (κ2) is 14.3. The largest absolute Gasteiger partial charge is 0.490 e. The van der Waals surface area contributed by atoms with E-state index >= 15 is 0 Å². The average Bonchev–Trinajstić information content (AvgIpc) is 3.03. The van der Waals surface area contributed by atoms with Gasteiger partial charge in [-0.25, -0.2) is 9.59 Å². The summed E-state index contributed by atoms with van der Waals surface area (Å²) in [5.74, 6) is -5.40. The van der Waals surface area contributed by atoms with Crippen LogP contribution in [-0.4, -0.2) is 93.5 Å². The van der Waals surface area contributed by atoms with Crippen molar-refractivity contribution in [3.8, 4) is 0 Å². The number of hydrogen-bond donors (Lipinski definition) is 2. The van der Waals surface area contributed by atoms with Gasteiger partial charge in [0.1, 0.15) is 0 Å². The molecular weight excluding hydrogens is 542 g/mol. The van der Waals surface area contributed by atoms with Crippen LogP contribution in [0.1, 0.15) is 16.8 Å². The summed E-state index contributed by atoms with van der Waals surface area (Å²) in [7, 11) is 3.56. The smallest absolute Gasteiger partial charge is 0.475 e. The number of amides is 1. The molecule has 0 fully saturated rings. The number of halogens is 6. The van der Waals surface area contributed by atoms with Gasteiger partial charge in [0.25, 0.3) is 5.56 Å². The van der Waals surface area contributed by atoms with Crippen LogP contribution in [0.2, 0.25) is 0 Å². The first kappa shape index (κ1) is 33.1. The van der Waals surface area contributed by atoms with E-state index in [1.807, 2.05) is 22.8 Å². The monoisotopic (exact) mass is 568 g/mol. The molecule has 3 heterocycles. The molecule has 1 aliphatic heterocycles. The molecule has 0 aromatic carbocycles. The van der Waals surface area contributed by atoms with Crippen LogP contribution in [0.5, 0.6) is 0 Å². The number of aromatic nitrogens is 2. The van der Waals surface area contributed by atoms with Gasteiger partial charge >= 0.3 is 24.3 Å². The maximum Gasteiger partial charge on any atom is 0.490 e. The van der Waals surface area contributed by atoms with Gasteiger partial charge in [0.15, 0.2) is 0 Å². The minimum atomic E-state index is -5.08. The van der Waals surface area contributed by atoms with Gasteiger partial charge in [-0.05, 0) is 23.6 Å². The fourth-order valence-corrected chi connectivity index (χ4v) is 3.18. The number of carbonyl (C=O) groups excluding carboxylic acids is 1. The predicted molar refractivity (Wildman–Crippen MR) is 124 cm³/mol. The number of nitrogens with zero attached hydrogens (tertiary/aromatic N) is 4. The molecule has 0 bridgehead atoms. The van der Waals surface area contributed by atoms with Crippen molar-refractivity contribution in [2.75, 3.05) is 33.7 Å². The number of likely N-dealkylation sites (N-methyl/N-ethyl adjacent to an activating group) is 1. The van der Waals surface area contributed by atoms with Crippen LogP contribution >= 0.6 is 0 Å². The van der Waals surface area contributed by atoms with E-state index in [-0.39, 0.29) is 11.5 Å². The Morgan fingerprint density at radius 2 is 1.49 bits per heavy atom. The van der Waals surface area contributed by atoms with Gasteiger partial charge in [0.05, 0.1) is 13.1 Å². The summed E-state index contributed by atoms with van der Waals surface area (Å²) in [6.07, 6.45) is -5.02. The Hall–Kier alpha value is -3.95. The Labute approximate surface area is 218 Å². The molecule has 39 heavy (non-hydrogen) atoms. The van der Waals surface area contributed by atoms with E-state index in [1.54, 1.807) is 37.5 Å². The van der Waals surface area contributed by atoms with Crippen LogP contribution in [0.15, 0.2) is 41.5 Å². The molecule has 0 saturated heterocycles. The van der Waals surface area contributed by atoms with Gasteiger partial charge in [-0.2, -0.15) is 26.3 Å². The molecule has 2 N–H and O–H groups in total. The Balaban J connectivity index is 0.000000449. The molecule has 2 aromatic rings. The maximum atomic E-state index is 12.4. The molecule has 0 aliphatic carbocycles. The third-order valence-corrected chi connectivity index (χ3v) is 5.16. The molecule has 1 amide bonds. The highest BCUT2D eigenvalue weighted by atomic mass is 19.4. The number of fused-ring (bicyclic) bond motifs is 1.